The van der Waals surface area contributed by atoms with Crippen LogP contribution in [0.15, 0.2) is 29.4 Å². The second-order valence-corrected chi connectivity index (χ2v) is 4.38. The Bertz CT molecular complexity index is 394. The van der Waals surface area contributed by atoms with Gasteiger partial charge in [0.2, 0.25) is 0 Å². The van der Waals surface area contributed by atoms with Gasteiger partial charge in [-0.1, -0.05) is 30.3 Å². The predicted molar refractivity (Wildman–Crippen MR) is 71.7 cm³/mol. The summed E-state index contributed by atoms with van der Waals surface area (Å²) in [6, 6.07) is 7.61. The first-order valence-corrected chi connectivity index (χ1v) is 5.94. The highest BCUT2D eigenvalue weighted by Crippen LogP contribution is 2.05. The van der Waals surface area contributed by atoms with Crippen molar-refractivity contribution in [1.29, 1.82) is 0 Å². The van der Waals surface area contributed by atoms with Crippen LogP contribution in [-0.2, 0) is 11.3 Å². The van der Waals surface area contributed by atoms with E-state index in [1.807, 2.05) is 24.3 Å². The summed E-state index contributed by atoms with van der Waals surface area (Å²) in [5, 5.41) is 15.0. The summed E-state index contributed by atoms with van der Waals surface area (Å²) in [6.45, 7) is 4.52. The third-order valence-electron chi connectivity index (χ3n) is 2.60. The van der Waals surface area contributed by atoms with Gasteiger partial charge in [0.1, 0.15) is 0 Å². The number of benzene rings is 1. The van der Waals surface area contributed by atoms with Gasteiger partial charge in [0, 0.05) is 32.4 Å². The Kier molecular flexibility index (Phi) is 6.18. The van der Waals surface area contributed by atoms with Crippen molar-refractivity contribution in [3.8, 4) is 0 Å². The van der Waals surface area contributed by atoms with Gasteiger partial charge in [0.15, 0.2) is 5.84 Å². The Morgan fingerprint density at radius 3 is 3.00 bits per heavy atom. The van der Waals surface area contributed by atoms with Gasteiger partial charge < -0.3 is 21.0 Å². The van der Waals surface area contributed by atoms with Crippen molar-refractivity contribution in [2.45, 2.75) is 13.5 Å². The van der Waals surface area contributed by atoms with E-state index in [0.29, 0.717) is 5.92 Å². The second kappa shape index (κ2) is 7.68. The quantitative estimate of drug-likeness (QED) is 0.294. The van der Waals surface area contributed by atoms with Crippen LogP contribution in [0, 0.1) is 5.92 Å². The Hall–Kier alpha value is -1.59. The second-order valence-electron chi connectivity index (χ2n) is 4.38. The fourth-order valence-electron chi connectivity index (χ4n) is 1.70. The normalized spacial score (nSPS) is 13.6. The van der Waals surface area contributed by atoms with Crippen molar-refractivity contribution in [2.75, 3.05) is 20.3 Å². The molecule has 0 radical (unpaired) electrons. The van der Waals surface area contributed by atoms with Crippen molar-refractivity contribution in [1.82, 2.24) is 5.32 Å². The zero-order valence-corrected chi connectivity index (χ0v) is 10.9. The van der Waals surface area contributed by atoms with Crippen LogP contribution in [0.5, 0.6) is 0 Å². The van der Waals surface area contributed by atoms with E-state index in [1.54, 1.807) is 7.11 Å². The van der Waals surface area contributed by atoms with Gasteiger partial charge in [-0.2, -0.15) is 0 Å². The predicted octanol–water partition coefficient (Wildman–Crippen LogP) is 1.15. The summed E-state index contributed by atoms with van der Waals surface area (Å²) in [5.41, 5.74) is 7.37. The van der Waals surface area contributed by atoms with E-state index in [-0.39, 0.29) is 5.84 Å². The number of hydrogen-bond donors (Lipinski definition) is 3. The highest BCUT2D eigenvalue weighted by Gasteiger charge is 2.02. The first-order chi connectivity index (χ1) is 8.67. The minimum absolute atomic E-state index is 0.129. The molecule has 100 valence electrons. The van der Waals surface area contributed by atoms with Gasteiger partial charge in [-0.25, -0.2) is 0 Å². The van der Waals surface area contributed by atoms with Gasteiger partial charge in [0.25, 0.3) is 0 Å². The molecule has 0 saturated carbocycles. The minimum Gasteiger partial charge on any atom is -0.409 e. The zero-order valence-electron chi connectivity index (χ0n) is 10.9. The molecule has 5 heteroatoms. The van der Waals surface area contributed by atoms with Crippen LogP contribution in [-0.4, -0.2) is 31.3 Å². The monoisotopic (exact) mass is 251 g/mol. The topological polar surface area (TPSA) is 79.9 Å². The fraction of sp³-hybridized carbons (Fsp3) is 0.462. The molecule has 0 aliphatic carbocycles. The number of nitrogens with one attached hydrogen (secondary N) is 1. The van der Waals surface area contributed by atoms with E-state index in [9.17, 15) is 0 Å². The Balaban J connectivity index is 2.48. The van der Waals surface area contributed by atoms with Crippen molar-refractivity contribution >= 4 is 5.84 Å². The summed E-state index contributed by atoms with van der Waals surface area (Å²) < 4.78 is 5.07. The molecule has 0 fully saturated rings. The third-order valence-corrected chi connectivity index (χ3v) is 2.60. The van der Waals surface area contributed by atoms with E-state index in [4.69, 9.17) is 15.7 Å². The van der Waals surface area contributed by atoms with Crippen LogP contribution in [0.25, 0.3) is 0 Å². The highest BCUT2D eigenvalue weighted by molar-refractivity contribution is 5.97. The average Bonchev–Trinajstić information content (AvgIpc) is 2.38. The van der Waals surface area contributed by atoms with Gasteiger partial charge in [0.05, 0.1) is 0 Å². The van der Waals surface area contributed by atoms with Crippen molar-refractivity contribution < 1.29 is 9.94 Å². The molecule has 1 atom stereocenters. The van der Waals surface area contributed by atoms with Crippen LogP contribution in [0.2, 0.25) is 0 Å². The lowest BCUT2D eigenvalue weighted by Crippen LogP contribution is -2.23. The minimum atomic E-state index is 0.129. The molecule has 1 unspecified atom stereocenters. The Morgan fingerprint density at radius 1 is 1.56 bits per heavy atom. The maximum absolute atomic E-state index is 8.62. The molecule has 18 heavy (non-hydrogen) atoms. The van der Waals surface area contributed by atoms with E-state index in [0.717, 1.165) is 30.8 Å². The number of rotatable bonds is 7. The highest BCUT2D eigenvalue weighted by atomic mass is 16.5. The number of ether oxygens (including phenoxy) is 1. The van der Waals surface area contributed by atoms with Crippen LogP contribution in [0.1, 0.15) is 18.1 Å². The molecule has 0 bridgehead atoms. The lowest BCUT2D eigenvalue weighted by Gasteiger charge is -2.11. The molecular weight excluding hydrogens is 230 g/mol. The largest absolute Gasteiger partial charge is 0.409 e. The van der Waals surface area contributed by atoms with Crippen molar-refractivity contribution in [3.05, 3.63) is 35.4 Å². The summed E-state index contributed by atoms with van der Waals surface area (Å²) in [5.74, 6) is 0.604. The number of hydrogen-bond acceptors (Lipinski definition) is 4. The van der Waals surface area contributed by atoms with Crippen molar-refractivity contribution in [2.24, 2.45) is 16.8 Å². The smallest absolute Gasteiger partial charge is 0.170 e. The molecule has 0 heterocycles. The van der Waals surface area contributed by atoms with Crippen LogP contribution in [0.3, 0.4) is 0 Å². The molecule has 0 aliphatic rings. The summed E-state index contributed by atoms with van der Waals surface area (Å²) in [4.78, 5) is 0. The molecule has 1 aromatic rings. The fourth-order valence-corrected chi connectivity index (χ4v) is 1.70. The maximum atomic E-state index is 8.62. The average molecular weight is 251 g/mol. The van der Waals surface area contributed by atoms with E-state index in [2.05, 4.69) is 17.4 Å². The van der Waals surface area contributed by atoms with E-state index < -0.39 is 0 Å². The number of methoxy groups -OCH3 is 1. The van der Waals surface area contributed by atoms with Gasteiger partial charge >= 0.3 is 0 Å². The molecule has 4 N–H and O–H groups in total. The number of oxime groups is 1. The van der Waals surface area contributed by atoms with Crippen molar-refractivity contribution in [3.63, 3.8) is 0 Å². The SMILES string of the molecule is COCC(C)CNCc1cccc(C(N)=NO)c1. The Labute approximate surface area is 108 Å². The number of amidine groups is 1. The molecule has 0 amide bonds. The molecule has 1 aromatic carbocycles. The molecule has 0 spiro atoms. The molecule has 0 saturated heterocycles. The zero-order chi connectivity index (χ0) is 13.4. The summed E-state index contributed by atoms with van der Waals surface area (Å²) in [7, 11) is 1.71. The number of nitrogens with zero attached hydrogens (tertiary/aromatic N) is 1. The summed E-state index contributed by atoms with van der Waals surface area (Å²) in [6.07, 6.45) is 0. The lowest BCUT2D eigenvalue weighted by molar-refractivity contribution is 0.158. The van der Waals surface area contributed by atoms with E-state index >= 15 is 0 Å². The molecule has 0 aliphatic heterocycles. The molecule has 0 aromatic heterocycles. The van der Waals surface area contributed by atoms with Crippen LogP contribution >= 0.6 is 0 Å². The van der Waals surface area contributed by atoms with Crippen LogP contribution in [0.4, 0.5) is 0 Å². The standard InChI is InChI=1S/C13H21N3O2/c1-10(9-18-2)7-15-8-11-4-3-5-12(6-11)13(14)16-17/h3-6,10,15,17H,7-9H2,1-2H3,(H2,14,16). The lowest BCUT2D eigenvalue weighted by atomic mass is 10.1. The molecule has 1 rings (SSSR count). The van der Waals surface area contributed by atoms with Crippen LogP contribution < -0.4 is 11.1 Å². The van der Waals surface area contributed by atoms with E-state index in [1.165, 1.54) is 0 Å². The third kappa shape index (κ3) is 4.73. The first kappa shape index (κ1) is 14.5. The first-order valence-electron chi connectivity index (χ1n) is 5.94. The summed E-state index contributed by atoms with van der Waals surface area (Å²) >= 11 is 0. The van der Waals surface area contributed by atoms with Gasteiger partial charge in [-0.3, -0.25) is 0 Å². The molecular formula is C13H21N3O2. The maximum Gasteiger partial charge on any atom is 0.170 e. The van der Waals surface area contributed by atoms with Gasteiger partial charge in [-0.05, 0) is 17.5 Å². The number of nitrogens with two attached hydrogens (primary N) is 1. The Morgan fingerprint density at radius 2 is 2.33 bits per heavy atom. The molecule has 5 nitrogen and oxygen atoms in total. The van der Waals surface area contributed by atoms with Gasteiger partial charge in [-0.15, -0.1) is 0 Å².